The predicted octanol–water partition coefficient (Wildman–Crippen LogP) is 4.03. The summed E-state index contributed by atoms with van der Waals surface area (Å²) < 4.78 is 7.02. The average Bonchev–Trinajstić information content (AvgIpc) is 2.58. The molecule has 80 valence electrons. The molecule has 0 amide bonds. The summed E-state index contributed by atoms with van der Waals surface area (Å²) in [5.74, 6) is 0. The first-order chi connectivity index (χ1) is 6.84. The van der Waals surface area contributed by atoms with Crippen LogP contribution in [0.1, 0.15) is 45.4 Å². The Morgan fingerprint density at radius 1 is 1.29 bits per heavy atom. The maximum absolute atomic E-state index is 5.12. The number of unbranched alkanes of at least 4 members (excludes halogenated alkanes) is 5. The molecular weight excluding hydrogens is 212 g/mol. The first-order valence-electron chi connectivity index (χ1n) is 5.36. The zero-order valence-corrected chi connectivity index (χ0v) is 10.4. The number of rotatable bonds is 7. The van der Waals surface area contributed by atoms with Crippen LogP contribution in [0, 0.1) is 4.64 Å². The highest BCUT2D eigenvalue weighted by atomic mass is 32.1. The van der Waals surface area contributed by atoms with Gasteiger partial charge in [-0.25, -0.2) is 0 Å². The minimum Gasteiger partial charge on any atom is -0.271 e. The molecular formula is C10H18N2S2. The maximum atomic E-state index is 5.12. The molecule has 4 heteroatoms. The van der Waals surface area contributed by atoms with E-state index >= 15 is 0 Å². The summed E-state index contributed by atoms with van der Waals surface area (Å²) in [6, 6.07) is 0. The van der Waals surface area contributed by atoms with Crippen LogP contribution >= 0.6 is 23.9 Å². The van der Waals surface area contributed by atoms with Gasteiger partial charge in [0.25, 0.3) is 0 Å². The van der Waals surface area contributed by atoms with Gasteiger partial charge in [0.15, 0.2) is 0 Å². The van der Waals surface area contributed by atoms with Gasteiger partial charge < -0.3 is 0 Å². The summed E-state index contributed by atoms with van der Waals surface area (Å²) in [6.45, 7) is 3.30. The second kappa shape index (κ2) is 7.12. The Morgan fingerprint density at radius 2 is 2.00 bits per heavy atom. The van der Waals surface area contributed by atoms with E-state index in [1.54, 1.807) is 6.20 Å². The fraction of sp³-hybridized carbons (Fsp3) is 0.800. The third-order valence-electron chi connectivity index (χ3n) is 2.27. The van der Waals surface area contributed by atoms with Gasteiger partial charge in [0.05, 0.1) is 6.20 Å². The molecule has 14 heavy (non-hydrogen) atoms. The molecule has 0 bridgehead atoms. The van der Waals surface area contributed by atoms with E-state index in [0.29, 0.717) is 0 Å². The van der Waals surface area contributed by atoms with Gasteiger partial charge in [0, 0.05) is 18.3 Å². The molecule has 1 aromatic rings. The van der Waals surface area contributed by atoms with Gasteiger partial charge >= 0.3 is 0 Å². The van der Waals surface area contributed by atoms with Crippen molar-refractivity contribution in [2.45, 2.75) is 52.0 Å². The average molecular weight is 230 g/mol. The van der Waals surface area contributed by atoms with E-state index in [1.807, 2.05) is 0 Å². The van der Waals surface area contributed by atoms with Crippen LogP contribution in [0.4, 0.5) is 0 Å². The molecule has 0 aliphatic carbocycles. The van der Waals surface area contributed by atoms with Crippen LogP contribution in [-0.4, -0.2) is 8.33 Å². The highest BCUT2D eigenvalue weighted by Crippen LogP contribution is 2.07. The third-order valence-corrected chi connectivity index (χ3v) is 3.49. The molecule has 0 spiro atoms. The highest BCUT2D eigenvalue weighted by Gasteiger charge is 1.94. The molecule has 0 unspecified atom stereocenters. The Bertz CT molecular complexity index is 290. The van der Waals surface area contributed by atoms with Crippen LogP contribution in [0.15, 0.2) is 6.20 Å². The van der Waals surface area contributed by atoms with Crippen LogP contribution in [0.3, 0.4) is 0 Å². The van der Waals surface area contributed by atoms with Crippen molar-refractivity contribution in [3.05, 3.63) is 10.8 Å². The highest BCUT2D eigenvalue weighted by molar-refractivity contribution is 7.71. The molecule has 0 saturated carbocycles. The van der Waals surface area contributed by atoms with Gasteiger partial charge in [-0.1, -0.05) is 51.2 Å². The second-order valence-electron chi connectivity index (χ2n) is 3.52. The van der Waals surface area contributed by atoms with Crippen molar-refractivity contribution in [3.8, 4) is 0 Å². The maximum Gasteiger partial charge on any atom is 0.135 e. The molecule has 1 heterocycles. The fourth-order valence-electron chi connectivity index (χ4n) is 1.42. The number of hydrogen-bond donors (Lipinski definition) is 0. The molecule has 1 aromatic heterocycles. The van der Waals surface area contributed by atoms with E-state index in [1.165, 1.54) is 50.3 Å². The van der Waals surface area contributed by atoms with Crippen LogP contribution in [0.2, 0.25) is 0 Å². The normalized spacial score (nSPS) is 10.6. The van der Waals surface area contributed by atoms with Crippen molar-refractivity contribution in [1.29, 1.82) is 0 Å². The molecule has 0 aliphatic heterocycles. The van der Waals surface area contributed by atoms with Crippen molar-refractivity contribution in [2.75, 3.05) is 0 Å². The minimum absolute atomic E-state index is 0.878. The molecule has 0 aromatic carbocycles. The zero-order valence-electron chi connectivity index (χ0n) is 8.74. The predicted molar refractivity (Wildman–Crippen MR) is 64.3 cm³/mol. The van der Waals surface area contributed by atoms with E-state index in [9.17, 15) is 0 Å². The van der Waals surface area contributed by atoms with E-state index in [2.05, 4.69) is 15.3 Å². The van der Waals surface area contributed by atoms with Gasteiger partial charge in [0.1, 0.15) is 4.64 Å². The SMILES string of the molecule is CCCCCCCCn1sncc1=S. The lowest BCUT2D eigenvalue weighted by molar-refractivity contribution is 0.571. The van der Waals surface area contributed by atoms with Gasteiger partial charge in [-0.15, -0.1) is 0 Å². The molecule has 0 saturated heterocycles. The molecule has 0 fully saturated rings. The Kier molecular flexibility index (Phi) is 6.03. The summed E-state index contributed by atoms with van der Waals surface area (Å²) in [5.41, 5.74) is 0. The Labute approximate surface area is 95.3 Å². The molecule has 0 N–H and O–H groups in total. The fourth-order valence-corrected chi connectivity index (χ4v) is 2.33. The standard InChI is InChI=1S/C10H18N2S2/c1-2-3-4-5-6-7-8-12-10(13)9-11-14-12/h9H,2-8H2,1H3. The summed E-state index contributed by atoms with van der Waals surface area (Å²) in [6.07, 6.45) is 9.75. The monoisotopic (exact) mass is 230 g/mol. The van der Waals surface area contributed by atoms with Crippen molar-refractivity contribution < 1.29 is 0 Å². The van der Waals surface area contributed by atoms with E-state index < -0.39 is 0 Å². The molecule has 0 radical (unpaired) electrons. The van der Waals surface area contributed by atoms with Crippen LogP contribution < -0.4 is 0 Å². The molecule has 0 atom stereocenters. The Morgan fingerprint density at radius 3 is 2.64 bits per heavy atom. The topological polar surface area (TPSA) is 17.8 Å². The van der Waals surface area contributed by atoms with Crippen molar-refractivity contribution in [1.82, 2.24) is 8.33 Å². The number of hydrogen-bond acceptors (Lipinski definition) is 3. The lowest BCUT2D eigenvalue weighted by Crippen LogP contribution is -1.93. The number of aryl methyl sites for hydroxylation is 1. The molecule has 1 rings (SSSR count). The van der Waals surface area contributed by atoms with Gasteiger partial charge in [-0.2, -0.15) is 4.37 Å². The molecule has 2 nitrogen and oxygen atoms in total. The summed E-state index contributed by atoms with van der Waals surface area (Å²) in [5, 5.41) is 0. The number of aromatic nitrogens is 2. The van der Waals surface area contributed by atoms with E-state index in [-0.39, 0.29) is 0 Å². The lowest BCUT2D eigenvalue weighted by Gasteiger charge is -2.00. The second-order valence-corrected chi connectivity index (χ2v) is 4.76. The van der Waals surface area contributed by atoms with E-state index in [0.717, 1.165) is 11.2 Å². The Balaban J connectivity index is 2.05. The first kappa shape index (κ1) is 11.9. The van der Waals surface area contributed by atoms with Gasteiger partial charge in [-0.3, -0.25) is 3.96 Å². The van der Waals surface area contributed by atoms with Crippen molar-refractivity contribution in [3.63, 3.8) is 0 Å². The van der Waals surface area contributed by atoms with Crippen molar-refractivity contribution >= 4 is 23.9 Å². The first-order valence-corrected chi connectivity index (χ1v) is 6.50. The van der Waals surface area contributed by atoms with Gasteiger partial charge in [0.2, 0.25) is 0 Å². The van der Waals surface area contributed by atoms with E-state index in [4.69, 9.17) is 12.2 Å². The third kappa shape index (κ3) is 4.33. The summed E-state index contributed by atoms with van der Waals surface area (Å²) >= 11 is 6.60. The van der Waals surface area contributed by atoms with Crippen LogP contribution in [0.5, 0.6) is 0 Å². The van der Waals surface area contributed by atoms with Crippen LogP contribution in [-0.2, 0) is 6.54 Å². The Hall–Kier alpha value is -0.220. The summed E-state index contributed by atoms with van der Waals surface area (Å²) in [4.78, 5) is 0. The zero-order chi connectivity index (χ0) is 10.2. The number of nitrogens with zero attached hydrogens (tertiary/aromatic N) is 2. The quantitative estimate of drug-likeness (QED) is 0.520. The van der Waals surface area contributed by atoms with Gasteiger partial charge in [-0.05, 0) is 6.42 Å². The smallest absolute Gasteiger partial charge is 0.135 e. The largest absolute Gasteiger partial charge is 0.271 e. The lowest BCUT2D eigenvalue weighted by atomic mass is 10.1. The van der Waals surface area contributed by atoms with Crippen LogP contribution in [0.25, 0.3) is 0 Å². The van der Waals surface area contributed by atoms with Crippen molar-refractivity contribution in [2.24, 2.45) is 0 Å². The summed E-state index contributed by atoms with van der Waals surface area (Å²) in [7, 11) is 0. The molecule has 0 aliphatic rings. The minimum atomic E-state index is 0.878.